The second kappa shape index (κ2) is 5.87. The fraction of sp³-hybridized carbons (Fsp3) is 0.417. The van der Waals surface area contributed by atoms with E-state index in [9.17, 15) is 4.79 Å². The van der Waals surface area contributed by atoms with Crippen molar-refractivity contribution in [3.8, 4) is 0 Å². The maximum absolute atomic E-state index is 11.5. The number of carbonyl (C=O) groups excluding carboxylic acids is 1. The molecule has 0 aliphatic carbocycles. The lowest BCUT2D eigenvalue weighted by Crippen LogP contribution is -2.21. The predicted octanol–water partition coefficient (Wildman–Crippen LogP) is 3.01. The number of halogens is 1. The summed E-state index contributed by atoms with van der Waals surface area (Å²) in [5.74, 6) is -0.168. The van der Waals surface area contributed by atoms with Crippen molar-refractivity contribution in [3.05, 3.63) is 28.8 Å². The molecule has 16 heavy (non-hydrogen) atoms. The van der Waals surface area contributed by atoms with Crippen LogP contribution in [0, 0.1) is 6.92 Å². The summed E-state index contributed by atoms with van der Waals surface area (Å²) in [5.41, 5.74) is 1.59. The predicted molar refractivity (Wildman–Crippen MR) is 65.9 cm³/mol. The van der Waals surface area contributed by atoms with Crippen molar-refractivity contribution in [2.45, 2.75) is 26.9 Å². The van der Waals surface area contributed by atoms with Crippen molar-refractivity contribution in [2.75, 3.05) is 11.9 Å². The van der Waals surface area contributed by atoms with Gasteiger partial charge in [0.25, 0.3) is 0 Å². The van der Waals surface area contributed by atoms with E-state index in [0.29, 0.717) is 5.02 Å². The summed E-state index contributed by atoms with van der Waals surface area (Å²) in [6.07, 6.45) is 0.0474. The molecular formula is C12H16ClNO2. The first-order valence-electron chi connectivity index (χ1n) is 5.17. The molecule has 0 aromatic heterocycles. The van der Waals surface area contributed by atoms with E-state index in [1.54, 1.807) is 12.1 Å². The summed E-state index contributed by atoms with van der Waals surface area (Å²) in [4.78, 5) is 11.5. The number of carbonyl (C=O) groups is 1. The van der Waals surface area contributed by atoms with Gasteiger partial charge in [-0.1, -0.05) is 17.7 Å². The molecule has 0 fully saturated rings. The normalized spacial score (nSPS) is 10.6. The third-order valence-corrected chi connectivity index (χ3v) is 2.50. The molecule has 1 amide bonds. The molecule has 0 saturated heterocycles. The van der Waals surface area contributed by atoms with E-state index >= 15 is 0 Å². The highest BCUT2D eigenvalue weighted by molar-refractivity contribution is 6.31. The summed E-state index contributed by atoms with van der Waals surface area (Å²) in [7, 11) is 0. The monoisotopic (exact) mass is 241 g/mol. The van der Waals surface area contributed by atoms with E-state index in [2.05, 4.69) is 5.32 Å². The zero-order chi connectivity index (χ0) is 12.1. The maximum Gasteiger partial charge on any atom is 0.250 e. The van der Waals surface area contributed by atoms with Crippen LogP contribution in [0.1, 0.15) is 19.4 Å². The lowest BCUT2D eigenvalue weighted by molar-refractivity contribution is -0.121. The molecule has 0 aliphatic rings. The van der Waals surface area contributed by atoms with Gasteiger partial charge in [0.05, 0.1) is 6.10 Å². The zero-order valence-corrected chi connectivity index (χ0v) is 10.5. The molecule has 1 rings (SSSR count). The van der Waals surface area contributed by atoms with Crippen LogP contribution >= 0.6 is 11.6 Å². The van der Waals surface area contributed by atoms with Crippen molar-refractivity contribution >= 4 is 23.2 Å². The summed E-state index contributed by atoms with van der Waals surface area (Å²) in [6, 6.07) is 5.40. The summed E-state index contributed by atoms with van der Waals surface area (Å²) in [6.45, 7) is 5.70. The van der Waals surface area contributed by atoms with E-state index in [1.165, 1.54) is 0 Å². The second-order valence-corrected chi connectivity index (χ2v) is 4.23. The highest BCUT2D eigenvalue weighted by atomic mass is 35.5. The highest BCUT2D eigenvalue weighted by Gasteiger charge is 2.07. The average molecular weight is 242 g/mol. The Balaban J connectivity index is 2.59. The van der Waals surface area contributed by atoms with E-state index in [1.807, 2.05) is 26.8 Å². The van der Waals surface area contributed by atoms with Crippen LogP contribution in [-0.2, 0) is 9.53 Å². The molecule has 1 aromatic rings. The third kappa shape index (κ3) is 3.83. The minimum atomic E-state index is -0.168. The zero-order valence-electron chi connectivity index (χ0n) is 9.71. The fourth-order valence-electron chi connectivity index (χ4n) is 1.17. The molecule has 0 bridgehead atoms. The second-order valence-electron chi connectivity index (χ2n) is 3.82. The Kier molecular flexibility index (Phi) is 4.77. The van der Waals surface area contributed by atoms with Crippen LogP contribution in [-0.4, -0.2) is 18.6 Å². The third-order valence-electron chi connectivity index (χ3n) is 2.09. The molecule has 0 aliphatic heterocycles. The van der Waals surface area contributed by atoms with E-state index < -0.39 is 0 Å². The number of benzene rings is 1. The number of amides is 1. The lowest BCUT2D eigenvalue weighted by Gasteiger charge is -2.11. The van der Waals surface area contributed by atoms with Crippen LogP contribution in [0.4, 0.5) is 5.69 Å². The molecule has 1 N–H and O–H groups in total. The van der Waals surface area contributed by atoms with Crippen LogP contribution in [0.25, 0.3) is 0 Å². The molecule has 3 nitrogen and oxygen atoms in total. The maximum atomic E-state index is 11.5. The standard InChI is InChI=1S/C12H16ClNO2/c1-8(2)16-7-12(15)14-11-6-4-5-10(13)9(11)3/h4-6,8H,7H2,1-3H3,(H,14,15). The van der Waals surface area contributed by atoms with Crippen LogP contribution in [0.15, 0.2) is 18.2 Å². The molecule has 1 aromatic carbocycles. The number of anilines is 1. The fourth-order valence-corrected chi connectivity index (χ4v) is 1.35. The Morgan fingerprint density at radius 3 is 2.81 bits per heavy atom. The minimum absolute atomic E-state index is 0.0474. The van der Waals surface area contributed by atoms with Crippen LogP contribution < -0.4 is 5.32 Å². The van der Waals surface area contributed by atoms with Gasteiger partial charge in [0, 0.05) is 10.7 Å². The number of rotatable bonds is 4. The summed E-state index contributed by atoms with van der Waals surface area (Å²) >= 11 is 5.94. The first kappa shape index (κ1) is 13.0. The van der Waals surface area contributed by atoms with Crippen molar-refractivity contribution in [1.29, 1.82) is 0 Å². The van der Waals surface area contributed by atoms with Crippen molar-refractivity contribution in [3.63, 3.8) is 0 Å². The van der Waals surface area contributed by atoms with Gasteiger partial charge >= 0.3 is 0 Å². The average Bonchev–Trinajstić information content (AvgIpc) is 2.22. The van der Waals surface area contributed by atoms with Crippen molar-refractivity contribution in [2.24, 2.45) is 0 Å². The number of hydrogen-bond acceptors (Lipinski definition) is 2. The smallest absolute Gasteiger partial charge is 0.250 e. The van der Waals surface area contributed by atoms with Crippen molar-refractivity contribution < 1.29 is 9.53 Å². The Morgan fingerprint density at radius 2 is 2.19 bits per heavy atom. The molecule has 0 unspecified atom stereocenters. The van der Waals surface area contributed by atoms with E-state index in [4.69, 9.17) is 16.3 Å². The summed E-state index contributed by atoms with van der Waals surface area (Å²) < 4.78 is 5.20. The Bertz CT molecular complexity index is 377. The Hall–Kier alpha value is -1.06. The van der Waals surface area contributed by atoms with Crippen molar-refractivity contribution in [1.82, 2.24) is 0 Å². The Morgan fingerprint density at radius 1 is 1.50 bits per heavy atom. The molecule has 88 valence electrons. The molecule has 0 atom stereocenters. The van der Waals surface area contributed by atoms with Crippen LogP contribution in [0.5, 0.6) is 0 Å². The molecule has 0 saturated carbocycles. The van der Waals surface area contributed by atoms with Gasteiger partial charge in [0.2, 0.25) is 5.91 Å². The minimum Gasteiger partial charge on any atom is -0.369 e. The molecule has 0 heterocycles. The van der Waals surface area contributed by atoms with E-state index in [-0.39, 0.29) is 18.6 Å². The highest BCUT2D eigenvalue weighted by Crippen LogP contribution is 2.22. The van der Waals surface area contributed by atoms with E-state index in [0.717, 1.165) is 11.3 Å². The number of ether oxygens (including phenoxy) is 1. The summed E-state index contributed by atoms with van der Waals surface area (Å²) in [5, 5.41) is 3.40. The molecule has 4 heteroatoms. The van der Waals surface area contributed by atoms with Gasteiger partial charge in [-0.15, -0.1) is 0 Å². The molecular weight excluding hydrogens is 226 g/mol. The topological polar surface area (TPSA) is 38.3 Å². The van der Waals surface area contributed by atoms with Crippen LogP contribution in [0.3, 0.4) is 0 Å². The largest absolute Gasteiger partial charge is 0.369 e. The van der Waals surface area contributed by atoms with Gasteiger partial charge in [-0.3, -0.25) is 4.79 Å². The first-order chi connectivity index (χ1) is 7.50. The first-order valence-corrected chi connectivity index (χ1v) is 5.55. The lowest BCUT2D eigenvalue weighted by atomic mass is 10.2. The van der Waals surface area contributed by atoms with Gasteiger partial charge in [0.15, 0.2) is 0 Å². The van der Waals surface area contributed by atoms with Gasteiger partial charge < -0.3 is 10.1 Å². The Labute approximate surface area is 101 Å². The number of hydrogen-bond donors (Lipinski definition) is 1. The van der Waals surface area contributed by atoms with Gasteiger partial charge in [-0.25, -0.2) is 0 Å². The SMILES string of the molecule is Cc1c(Cl)cccc1NC(=O)COC(C)C. The quantitative estimate of drug-likeness (QED) is 0.880. The van der Waals surface area contributed by atoms with Gasteiger partial charge in [-0.2, -0.15) is 0 Å². The number of nitrogens with one attached hydrogen (secondary N) is 1. The molecule has 0 radical (unpaired) electrons. The van der Waals surface area contributed by atoms with Crippen LogP contribution in [0.2, 0.25) is 5.02 Å². The molecule has 0 spiro atoms. The van der Waals surface area contributed by atoms with Gasteiger partial charge in [0.1, 0.15) is 6.61 Å². The van der Waals surface area contributed by atoms with Gasteiger partial charge in [-0.05, 0) is 38.5 Å².